The number of carbonyl (C=O) groups excluding carboxylic acids is 2. The Morgan fingerprint density at radius 1 is 0.882 bits per heavy atom. The van der Waals surface area contributed by atoms with Gasteiger partial charge in [-0.25, -0.2) is 0 Å². The number of esters is 1. The number of unbranched alkanes of at least 4 members (excludes halogenated alkanes) is 11. The fraction of sp³-hybridized carbons (Fsp3) is 0.792. The highest BCUT2D eigenvalue weighted by molar-refractivity contribution is 7.87. The third-order valence-electron chi connectivity index (χ3n) is 5.31. The van der Waals surface area contributed by atoms with Crippen molar-refractivity contribution in [3.63, 3.8) is 0 Å². The largest absolute Gasteiger partial charge is 0.481 e. The first-order chi connectivity index (χ1) is 16.1. The van der Waals surface area contributed by atoms with Gasteiger partial charge in [0.1, 0.15) is 0 Å². The summed E-state index contributed by atoms with van der Waals surface area (Å²) in [5.41, 5.74) is 0. The molecule has 0 rings (SSSR count). The van der Waals surface area contributed by atoms with Crippen LogP contribution >= 0.6 is 0 Å². The third kappa shape index (κ3) is 18.5. The first-order valence-corrected chi connectivity index (χ1v) is 13.9. The molecule has 0 aromatic heterocycles. The van der Waals surface area contributed by atoms with Crippen LogP contribution < -0.4 is 5.32 Å². The van der Waals surface area contributed by atoms with E-state index >= 15 is 0 Å². The lowest BCUT2D eigenvalue weighted by atomic mass is 10.1. The van der Waals surface area contributed by atoms with Gasteiger partial charge in [0.05, 0.1) is 6.42 Å². The first kappa shape index (κ1) is 32.1. The van der Waals surface area contributed by atoms with Gasteiger partial charge in [-0.15, -0.1) is 0 Å². The molecule has 1 amide bonds. The summed E-state index contributed by atoms with van der Waals surface area (Å²) in [5.74, 6) is -3.38. The van der Waals surface area contributed by atoms with Crippen LogP contribution in [0.3, 0.4) is 0 Å². The number of hydrogen-bond donors (Lipinski definition) is 3. The Labute approximate surface area is 204 Å². The number of carboxylic acids is 1. The van der Waals surface area contributed by atoms with Gasteiger partial charge in [-0.3, -0.25) is 18.9 Å². The number of allylic oxidation sites excluding steroid dienone is 2. The minimum Gasteiger partial charge on any atom is -0.481 e. The summed E-state index contributed by atoms with van der Waals surface area (Å²) in [7, 11) is -4.94. The number of ether oxygens (including phenoxy) is 1. The van der Waals surface area contributed by atoms with Crippen molar-refractivity contribution < 1.29 is 37.2 Å². The molecular formula is C24H43NO8S. The predicted octanol–water partition coefficient (Wildman–Crippen LogP) is 4.76. The van der Waals surface area contributed by atoms with Gasteiger partial charge in [0, 0.05) is 6.42 Å². The third-order valence-corrected chi connectivity index (χ3v) is 6.38. The smallest absolute Gasteiger partial charge is 0.329 e. The van der Waals surface area contributed by atoms with Crippen LogP contribution in [0, 0.1) is 0 Å². The first-order valence-electron chi connectivity index (χ1n) is 12.4. The van der Waals surface area contributed by atoms with Crippen LogP contribution in [0.2, 0.25) is 0 Å². The van der Waals surface area contributed by atoms with E-state index in [2.05, 4.69) is 24.4 Å². The molecule has 0 aliphatic rings. The highest BCUT2D eigenvalue weighted by Gasteiger charge is 2.36. The summed E-state index contributed by atoms with van der Waals surface area (Å²) in [6, 6.07) is 0. The van der Waals surface area contributed by atoms with Crippen LogP contribution in [0.25, 0.3) is 0 Å². The van der Waals surface area contributed by atoms with Crippen molar-refractivity contribution in [2.24, 2.45) is 0 Å². The Morgan fingerprint density at radius 2 is 1.38 bits per heavy atom. The molecule has 0 fully saturated rings. The fourth-order valence-corrected chi connectivity index (χ4v) is 4.06. The number of carboxylic acid groups (broad SMARTS) is 1. The second-order valence-electron chi connectivity index (χ2n) is 8.58. The predicted molar refractivity (Wildman–Crippen MR) is 131 cm³/mol. The van der Waals surface area contributed by atoms with E-state index in [9.17, 15) is 22.8 Å². The Hall–Kier alpha value is -1.94. The second kappa shape index (κ2) is 19.4. The molecule has 0 spiro atoms. The summed E-state index contributed by atoms with van der Waals surface area (Å²) in [6.45, 7) is 3.54. The van der Waals surface area contributed by atoms with E-state index in [1.807, 2.05) is 0 Å². The summed E-state index contributed by atoms with van der Waals surface area (Å²) < 4.78 is 36.1. The number of hydrogen-bond acceptors (Lipinski definition) is 6. The van der Waals surface area contributed by atoms with E-state index in [4.69, 9.17) is 14.4 Å². The number of rotatable bonds is 21. The molecule has 0 aromatic rings. The normalized spacial score (nSPS) is 13.5. The molecule has 0 radical (unpaired) electrons. The van der Waals surface area contributed by atoms with E-state index in [0.29, 0.717) is 6.42 Å². The van der Waals surface area contributed by atoms with E-state index < -0.39 is 40.0 Å². The van der Waals surface area contributed by atoms with Crippen molar-refractivity contribution in [2.75, 3.05) is 0 Å². The molecule has 10 heteroatoms. The van der Waals surface area contributed by atoms with Gasteiger partial charge in [0.2, 0.25) is 5.91 Å². The van der Waals surface area contributed by atoms with Gasteiger partial charge in [0.15, 0.2) is 11.5 Å². The van der Waals surface area contributed by atoms with E-state index in [0.717, 1.165) is 38.5 Å². The van der Waals surface area contributed by atoms with E-state index in [1.165, 1.54) is 45.4 Å². The molecule has 0 bridgehead atoms. The lowest BCUT2D eigenvalue weighted by Gasteiger charge is -2.17. The maximum Gasteiger partial charge on any atom is 0.329 e. The molecule has 34 heavy (non-hydrogen) atoms. The maximum absolute atomic E-state index is 11.9. The second-order valence-corrected chi connectivity index (χ2v) is 10.2. The molecule has 2 atom stereocenters. The van der Waals surface area contributed by atoms with Crippen LogP contribution in [-0.4, -0.2) is 47.4 Å². The lowest BCUT2D eigenvalue weighted by Crippen LogP contribution is -2.41. The maximum atomic E-state index is 11.9. The summed E-state index contributed by atoms with van der Waals surface area (Å²) in [4.78, 5) is 34.5. The molecule has 198 valence electrons. The topological polar surface area (TPSA) is 147 Å². The standard InChI is InChI=1S/C24H43NO8S/c1-3-4-5-6-7-8-9-10-11-12-13-14-15-16-17-18-22(26)25-20(2)33-24(29)21(19-23(27)28)34(30,31)32/h10-11,20-21H,3-9,12-19H2,1-2H3,(H,25,26)(H,27,28)(H,30,31,32)/b11-10-. The lowest BCUT2D eigenvalue weighted by molar-refractivity contribution is -0.153. The fourth-order valence-electron chi connectivity index (χ4n) is 3.40. The summed E-state index contributed by atoms with van der Waals surface area (Å²) >= 11 is 0. The average molecular weight is 506 g/mol. The van der Waals surface area contributed by atoms with Crippen molar-refractivity contribution >= 4 is 28.0 Å². The zero-order chi connectivity index (χ0) is 25.8. The molecule has 9 nitrogen and oxygen atoms in total. The van der Waals surface area contributed by atoms with Crippen molar-refractivity contribution in [3.8, 4) is 0 Å². The van der Waals surface area contributed by atoms with Crippen molar-refractivity contribution in [3.05, 3.63) is 12.2 Å². The minimum atomic E-state index is -4.94. The Bertz CT molecular complexity index is 720. The minimum absolute atomic E-state index is 0.233. The Kier molecular flexibility index (Phi) is 18.3. The molecule has 0 saturated carbocycles. The number of nitrogens with one attached hydrogen (secondary N) is 1. The average Bonchev–Trinajstić information content (AvgIpc) is 2.73. The van der Waals surface area contributed by atoms with Gasteiger partial charge in [-0.2, -0.15) is 8.42 Å². The van der Waals surface area contributed by atoms with E-state index in [-0.39, 0.29) is 12.3 Å². The molecule has 0 heterocycles. The molecule has 2 unspecified atom stereocenters. The van der Waals surface area contributed by atoms with Gasteiger partial charge >= 0.3 is 11.9 Å². The molecule has 3 N–H and O–H groups in total. The zero-order valence-electron chi connectivity index (χ0n) is 20.7. The quantitative estimate of drug-likeness (QED) is 0.0665. The van der Waals surface area contributed by atoms with Crippen LogP contribution in [-0.2, 0) is 29.2 Å². The van der Waals surface area contributed by atoms with Gasteiger partial charge < -0.3 is 15.2 Å². The molecule has 0 aliphatic carbocycles. The molecular weight excluding hydrogens is 462 g/mol. The number of aliphatic carboxylic acids is 1. The SMILES string of the molecule is CCCCCCCC/C=C\CCCCCCCC(=O)NC(C)OC(=O)C(CC(=O)O)S(=O)(=O)O. The van der Waals surface area contributed by atoms with Gasteiger partial charge in [-0.1, -0.05) is 70.4 Å². The summed E-state index contributed by atoms with van der Waals surface area (Å²) in [6.07, 6.45) is 17.4. The summed E-state index contributed by atoms with van der Waals surface area (Å²) in [5, 5.41) is 8.85. The molecule has 0 aliphatic heterocycles. The Balaban J connectivity index is 3.84. The molecule has 0 saturated heterocycles. The van der Waals surface area contributed by atoms with Gasteiger partial charge in [-0.05, 0) is 39.0 Å². The van der Waals surface area contributed by atoms with Crippen LogP contribution in [0.15, 0.2) is 12.2 Å². The number of carbonyl (C=O) groups is 3. The Morgan fingerprint density at radius 3 is 1.88 bits per heavy atom. The van der Waals surface area contributed by atoms with Crippen LogP contribution in [0.5, 0.6) is 0 Å². The van der Waals surface area contributed by atoms with Crippen LogP contribution in [0.1, 0.15) is 110 Å². The van der Waals surface area contributed by atoms with Crippen molar-refractivity contribution in [2.45, 2.75) is 122 Å². The zero-order valence-corrected chi connectivity index (χ0v) is 21.5. The van der Waals surface area contributed by atoms with Gasteiger partial charge in [0.25, 0.3) is 10.1 Å². The van der Waals surface area contributed by atoms with Crippen LogP contribution in [0.4, 0.5) is 0 Å². The van der Waals surface area contributed by atoms with Crippen molar-refractivity contribution in [1.82, 2.24) is 5.32 Å². The highest BCUT2D eigenvalue weighted by Crippen LogP contribution is 2.11. The highest BCUT2D eigenvalue weighted by atomic mass is 32.2. The molecule has 0 aromatic carbocycles. The van der Waals surface area contributed by atoms with Crippen molar-refractivity contribution in [1.29, 1.82) is 0 Å². The number of amides is 1. The monoisotopic (exact) mass is 505 g/mol. The van der Waals surface area contributed by atoms with E-state index in [1.54, 1.807) is 0 Å².